The molecule has 0 amide bonds. The standard InChI is InChI=1S/C22H40O2/c1-5-8-13-21(14-9-6-2)16-11-12-17-22(21,15-10-7-3)18-19(4)20(23)24/h18H,5-17H2,1-4H3,(H,23,24). The molecule has 0 bridgehead atoms. The lowest BCUT2D eigenvalue weighted by Gasteiger charge is -2.54. The highest BCUT2D eigenvalue weighted by Gasteiger charge is 2.49. The molecule has 1 atom stereocenters. The smallest absolute Gasteiger partial charge is 0.330 e. The van der Waals surface area contributed by atoms with Crippen LogP contribution in [0.2, 0.25) is 0 Å². The van der Waals surface area contributed by atoms with Gasteiger partial charge in [0.15, 0.2) is 0 Å². The van der Waals surface area contributed by atoms with E-state index >= 15 is 0 Å². The molecular weight excluding hydrogens is 296 g/mol. The molecule has 1 saturated carbocycles. The van der Waals surface area contributed by atoms with Gasteiger partial charge >= 0.3 is 5.97 Å². The van der Waals surface area contributed by atoms with E-state index in [0.717, 1.165) is 0 Å². The van der Waals surface area contributed by atoms with Crippen LogP contribution in [0.1, 0.15) is 111 Å². The first-order valence-corrected chi connectivity index (χ1v) is 10.4. The summed E-state index contributed by atoms with van der Waals surface area (Å²) in [5, 5.41) is 9.51. The molecule has 0 aliphatic heterocycles. The fraction of sp³-hybridized carbons (Fsp3) is 0.864. The summed E-state index contributed by atoms with van der Waals surface area (Å²) in [6.07, 6.45) is 18.4. The summed E-state index contributed by atoms with van der Waals surface area (Å²) >= 11 is 0. The molecule has 1 aliphatic rings. The number of carbonyl (C=O) groups is 1. The third-order valence-electron chi connectivity index (χ3n) is 6.41. The maximum Gasteiger partial charge on any atom is 0.330 e. The molecule has 1 fully saturated rings. The maximum atomic E-state index is 11.6. The summed E-state index contributed by atoms with van der Waals surface area (Å²) < 4.78 is 0. The van der Waals surface area contributed by atoms with Gasteiger partial charge in [-0.15, -0.1) is 0 Å². The first kappa shape index (κ1) is 21.3. The summed E-state index contributed by atoms with van der Waals surface area (Å²) in [4.78, 5) is 11.6. The normalized spacial score (nSPS) is 24.1. The van der Waals surface area contributed by atoms with E-state index in [1.54, 1.807) is 6.92 Å². The summed E-state index contributed by atoms with van der Waals surface area (Å²) in [6, 6.07) is 0. The van der Waals surface area contributed by atoms with Crippen LogP contribution in [-0.4, -0.2) is 11.1 Å². The molecule has 0 radical (unpaired) electrons. The second-order valence-electron chi connectivity index (χ2n) is 8.09. The zero-order chi connectivity index (χ0) is 18.1. The van der Waals surface area contributed by atoms with Crippen molar-refractivity contribution in [3.05, 3.63) is 11.6 Å². The highest BCUT2D eigenvalue weighted by atomic mass is 16.4. The number of unbranched alkanes of at least 4 members (excludes halogenated alkanes) is 3. The Morgan fingerprint density at radius 3 is 1.92 bits per heavy atom. The van der Waals surface area contributed by atoms with Crippen LogP contribution >= 0.6 is 0 Å². The Morgan fingerprint density at radius 2 is 1.42 bits per heavy atom. The maximum absolute atomic E-state index is 11.6. The van der Waals surface area contributed by atoms with E-state index in [2.05, 4.69) is 26.8 Å². The van der Waals surface area contributed by atoms with Gasteiger partial charge in [0.25, 0.3) is 0 Å². The molecule has 0 spiro atoms. The van der Waals surface area contributed by atoms with Crippen molar-refractivity contribution in [2.24, 2.45) is 10.8 Å². The molecule has 0 saturated heterocycles. The average Bonchev–Trinajstić information content (AvgIpc) is 2.58. The molecule has 2 heteroatoms. The molecule has 0 aromatic rings. The Kier molecular flexibility index (Phi) is 9.08. The van der Waals surface area contributed by atoms with E-state index in [0.29, 0.717) is 11.0 Å². The van der Waals surface area contributed by atoms with Gasteiger partial charge < -0.3 is 5.11 Å². The van der Waals surface area contributed by atoms with Crippen molar-refractivity contribution in [2.45, 2.75) is 111 Å². The van der Waals surface area contributed by atoms with Gasteiger partial charge in [-0.05, 0) is 49.9 Å². The summed E-state index contributed by atoms with van der Waals surface area (Å²) in [5.41, 5.74) is 0.988. The largest absolute Gasteiger partial charge is 0.478 e. The van der Waals surface area contributed by atoms with Crippen LogP contribution in [0.5, 0.6) is 0 Å². The number of rotatable bonds is 11. The van der Waals surface area contributed by atoms with Gasteiger partial charge in [-0.25, -0.2) is 4.79 Å². The minimum atomic E-state index is -0.740. The van der Waals surface area contributed by atoms with Crippen LogP contribution in [0, 0.1) is 10.8 Å². The SMILES string of the molecule is CCCCC1(C=C(C)C(=O)O)CCCCC1(CCCC)CCCC. The molecule has 1 N–H and O–H groups in total. The Labute approximate surface area is 150 Å². The second kappa shape index (κ2) is 10.3. The lowest BCUT2D eigenvalue weighted by Crippen LogP contribution is -2.44. The zero-order valence-corrected chi connectivity index (χ0v) is 16.6. The Balaban J connectivity index is 3.31. The molecule has 0 heterocycles. The van der Waals surface area contributed by atoms with Gasteiger partial charge in [-0.3, -0.25) is 0 Å². The van der Waals surface area contributed by atoms with Crippen LogP contribution in [0.15, 0.2) is 11.6 Å². The van der Waals surface area contributed by atoms with Crippen LogP contribution in [0.25, 0.3) is 0 Å². The van der Waals surface area contributed by atoms with Crippen molar-refractivity contribution >= 4 is 5.97 Å². The fourth-order valence-corrected chi connectivity index (χ4v) is 4.98. The molecule has 0 aromatic carbocycles. The molecule has 0 aromatic heterocycles. The molecular formula is C22H40O2. The monoisotopic (exact) mass is 336 g/mol. The summed E-state index contributed by atoms with van der Waals surface area (Å²) in [7, 11) is 0. The highest BCUT2D eigenvalue weighted by molar-refractivity contribution is 5.85. The van der Waals surface area contributed by atoms with Gasteiger partial charge in [0.2, 0.25) is 0 Å². The van der Waals surface area contributed by atoms with E-state index in [9.17, 15) is 9.90 Å². The Morgan fingerprint density at radius 1 is 0.917 bits per heavy atom. The van der Waals surface area contributed by atoms with Gasteiger partial charge in [0.1, 0.15) is 0 Å². The number of aliphatic carboxylic acids is 1. The van der Waals surface area contributed by atoms with E-state index in [1.165, 1.54) is 83.5 Å². The number of hydrogen-bond donors (Lipinski definition) is 1. The molecule has 1 unspecified atom stereocenters. The quantitative estimate of drug-likeness (QED) is 0.407. The molecule has 140 valence electrons. The van der Waals surface area contributed by atoms with Crippen LogP contribution in [-0.2, 0) is 4.79 Å². The third kappa shape index (κ3) is 5.10. The molecule has 24 heavy (non-hydrogen) atoms. The lowest BCUT2D eigenvalue weighted by molar-refractivity contribution is -0.132. The van der Waals surface area contributed by atoms with Crippen molar-refractivity contribution in [3.8, 4) is 0 Å². The van der Waals surface area contributed by atoms with Gasteiger partial charge in [-0.2, -0.15) is 0 Å². The van der Waals surface area contributed by atoms with Crippen molar-refractivity contribution in [3.63, 3.8) is 0 Å². The summed E-state index contributed by atoms with van der Waals surface area (Å²) in [6.45, 7) is 8.61. The van der Waals surface area contributed by atoms with Crippen molar-refractivity contribution < 1.29 is 9.90 Å². The van der Waals surface area contributed by atoms with Gasteiger partial charge in [-0.1, -0.05) is 78.2 Å². The minimum absolute atomic E-state index is 0.105. The topological polar surface area (TPSA) is 37.3 Å². The Hall–Kier alpha value is -0.790. The predicted octanol–water partition coefficient (Wildman–Crippen LogP) is 7.13. The van der Waals surface area contributed by atoms with E-state index in [-0.39, 0.29) is 5.41 Å². The van der Waals surface area contributed by atoms with Crippen molar-refractivity contribution in [1.29, 1.82) is 0 Å². The number of carboxylic acids is 1. The molecule has 2 nitrogen and oxygen atoms in total. The molecule has 1 rings (SSSR count). The average molecular weight is 337 g/mol. The first-order chi connectivity index (χ1) is 11.5. The second-order valence-corrected chi connectivity index (χ2v) is 8.09. The van der Waals surface area contributed by atoms with E-state index in [4.69, 9.17) is 0 Å². The van der Waals surface area contributed by atoms with Crippen molar-refractivity contribution in [1.82, 2.24) is 0 Å². The van der Waals surface area contributed by atoms with Crippen LogP contribution in [0.3, 0.4) is 0 Å². The van der Waals surface area contributed by atoms with Crippen LogP contribution < -0.4 is 0 Å². The zero-order valence-electron chi connectivity index (χ0n) is 16.6. The number of hydrogen-bond acceptors (Lipinski definition) is 1. The first-order valence-electron chi connectivity index (χ1n) is 10.4. The van der Waals surface area contributed by atoms with E-state index < -0.39 is 5.97 Å². The predicted molar refractivity (Wildman–Crippen MR) is 103 cm³/mol. The van der Waals surface area contributed by atoms with Crippen molar-refractivity contribution in [2.75, 3.05) is 0 Å². The minimum Gasteiger partial charge on any atom is -0.478 e. The fourth-order valence-electron chi connectivity index (χ4n) is 4.98. The third-order valence-corrected chi connectivity index (χ3v) is 6.41. The Bertz CT molecular complexity index is 402. The highest BCUT2D eigenvalue weighted by Crippen LogP contribution is 2.60. The number of carboxylic acid groups (broad SMARTS) is 1. The van der Waals surface area contributed by atoms with Gasteiger partial charge in [0, 0.05) is 5.57 Å². The lowest BCUT2D eigenvalue weighted by atomic mass is 9.50. The summed E-state index contributed by atoms with van der Waals surface area (Å²) in [5.74, 6) is -0.740. The number of allylic oxidation sites excluding steroid dienone is 1. The van der Waals surface area contributed by atoms with Gasteiger partial charge in [0.05, 0.1) is 0 Å². The van der Waals surface area contributed by atoms with E-state index in [1.807, 2.05) is 0 Å². The van der Waals surface area contributed by atoms with Crippen LogP contribution in [0.4, 0.5) is 0 Å². The molecule has 1 aliphatic carbocycles.